The third kappa shape index (κ3) is 4.95. The minimum absolute atomic E-state index is 0.0855. The van der Waals surface area contributed by atoms with E-state index in [4.69, 9.17) is 4.74 Å². The van der Waals surface area contributed by atoms with Gasteiger partial charge in [-0.25, -0.2) is 4.79 Å². The number of nitrogens with one attached hydrogen (secondary N) is 2. The summed E-state index contributed by atoms with van der Waals surface area (Å²) in [4.78, 5) is 51.2. The molecular formula is C20H27N3O5S. The van der Waals surface area contributed by atoms with E-state index >= 15 is 0 Å². The Bertz CT molecular complexity index is 807. The van der Waals surface area contributed by atoms with Crippen molar-refractivity contribution in [2.75, 3.05) is 13.2 Å². The molecular weight excluding hydrogens is 394 g/mol. The van der Waals surface area contributed by atoms with Crippen LogP contribution >= 0.6 is 11.3 Å². The number of ether oxygens (including phenoxy) is 1. The number of carbonyl (C=O) groups excluding carboxylic acids is 4. The van der Waals surface area contributed by atoms with Crippen LogP contribution in [0.4, 0.5) is 4.79 Å². The van der Waals surface area contributed by atoms with Gasteiger partial charge in [-0.1, -0.05) is 26.8 Å². The lowest BCUT2D eigenvalue weighted by atomic mass is 9.64. The number of imide groups is 1. The average molecular weight is 422 g/mol. The molecule has 4 amide bonds. The Morgan fingerprint density at radius 3 is 2.76 bits per heavy atom. The van der Waals surface area contributed by atoms with Gasteiger partial charge in [0.25, 0.3) is 11.8 Å². The topological polar surface area (TPSA) is 105 Å². The molecule has 29 heavy (non-hydrogen) atoms. The monoisotopic (exact) mass is 421 g/mol. The molecule has 1 spiro atoms. The molecule has 2 aliphatic rings. The number of carbonyl (C=O) groups is 4. The summed E-state index contributed by atoms with van der Waals surface area (Å²) >= 11 is 1.51. The van der Waals surface area contributed by atoms with E-state index in [9.17, 15) is 19.2 Å². The van der Waals surface area contributed by atoms with E-state index in [1.54, 1.807) is 0 Å². The molecule has 2 fully saturated rings. The van der Waals surface area contributed by atoms with E-state index in [0.717, 1.165) is 16.2 Å². The highest BCUT2D eigenvalue weighted by Crippen LogP contribution is 2.46. The molecule has 8 nitrogen and oxygen atoms in total. The molecule has 1 aromatic heterocycles. The zero-order chi connectivity index (χ0) is 21.2. The molecule has 9 heteroatoms. The Hall–Kier alpha value is -2.42. The highest BCUT2D eigenvalue weighted by molar-refractivity contribution is 7.09. The fourth-order valence-corrected chi connectivity index (χ4v) is 5.26. The molecule has 0 unspecified atom stereocenters. The molecule has 2 heterocycles. The molecule has 1 aliphatic heterocycles. The molecule has 3 rings (SSSR count). The number of thiophene rings is 1. The SMILES string of the molecule is C[C@@H]1CC(C)(C)C[C@@]2(C1)NC(=O)N(CC(=O)OCC(=O)NCc1cccs1)C2=O. The first-order valence-electron chi connectivity index (χ1n) is 9.69. The number of esters is 1. The fraction of sp³-hybridized carbons (Fsp3) is 0.600. The van der Waals surface area contributed by atoms with Gasteiger partial charge in [-0.3, -0.25) is 19.3 Å². The van der Waals surface area contributed by atoms with Crippen LogP contribution in [-0.2, 0) is 25.7 Å². The van der Waals surface area contributed by atoms with E-state index in [-0.39, 0.29) is 17.2 Å². The van der Waals surface area contributed by atoms with E-state index in [2.05, 4.69) is 31.4 Å². The maximum atomic E-state index is 13.0. The van der Waals surface area contributed by atoms with E-state index in [1.807, 2.05) is 17.5 Å². The zero-order valence-electron chi connectivity index (χ0n) is 16.9. The summed E-state index contributed by atoms with van der Waals surface area (Å²) in [7, 11) is 0. The minimum atomic E-state index is -0.962. The second-order valence-corrected chi connectivity index (χ2v) is 9.81. The van der Waals surface area contributed by atoms with Crippen molar-refractivity contribution in [1.82, 2.24) is 15.5 Å². The summed E-state index contributed by atoms with van der Waals surface area (Å²) in [6.45, 7) is 5.62. The van der Waals surface area contributed by atoms with Crippen molar-refractivity contribution in [2.45, 2.75) is 52.1 Å². The summed E-state index contributed by atoms with van der Waals surface area (Å²) in [5, 5.41) is 7.36. The van der Waals surface area contributed by atoms with Gasteiger partial charge in [0.1, 0.15) is 12.1 Å². The van der Waals surface area contributed by atoms with Gasteiger partial charge in [0, 0.05) is 4.88 Å². The first-order valence-corrected chi connectivity index (χ1v) is 10.6. The number of rotatable bonds is 6. The Morgan fingerprint density at radius 1 is 1.34 bits per heavy atom. The van der Waals surface area contributed by atoms with Crippen molar-refractivity contribution in [3.8, 4) is 0 Å². The van der Waals surface area contributed by atoms with E-state index < -0.39 is 36.6 Å². The van der Waals surface area contributed by atoms with Crippen LogP contribution in [-0.4, -0.2) is 47.4 Å². The number of urea groups is 1. The van der Waals surface area contributed by atoms with Crippen LogP contribution < -0.4 is 10.6 Å². The van der Waals surface area contributed by atoms with Crippen LogP contribution in [0.25, 0.3) is 0 Å². The minimum Gasteiger partial charge on any atom is -0.454 e. The maximum Gasteiger partial charge on any atom is 0.326 e. The summed E-state index contributed by atoms with van der Waals surface area (Å²) in [6.07, 6.45) is 2.06. The lowest BCUT2D eigenvalue weighted by molar-refractivity contribution is -0.151. The van der Waals surface area contributed by atoms with Gasteiger partial charge in [0.2, 0.25) is 0 Å². The van der Waals surface area contributed by atoms with Gasteiger partial charge in [-0.15, -0.1) is 11.3 Å². The van der Waals surface area contributed by atoms with Crippen molar-refractivity contribution in [2.24, 2.45) is 11.3 Å². The third-order valence-electron chi connectivity index (χ3n) is 5.32. The number of hydrogen-bond acceptors (Lipinski definition) is 6. The lowest BCUT2D eigenvalue weighted by Gasteiger charge is -2.43. The van der Waals surface area contributed by atoms with Crippen LogP contribution in [0.2, 0.25) is 0 Å². The molecule has 1 aromatic rings. The smallest absolute Gasteiger partial charge is 0.326 e. The van der Waals surface area contributed by atoms with Crippen molar-refractivity contribution in [1.29, 1.82) is 0 Å². The molecule has 0 bridgehead atoms. The predicted molar refractivity (Wildman–Crippen MR) is 107 cm³/mol. The molecule has 1 aliphatic carbocycles. The van der Waals surface area contributed by atoms with Gasteiger partial charge >= 0.3 is 12.0 Å². The van der Waals surface area contributed by atoms with Crippen molar-refractivity contribution >= 4 is 35.2 Å². The Balaban J connectivity index is 1.52. The molecule has 158 valence electrons. The largest absolute Gasteiger partial charge is 0.454 e. The van der Waals surface area contributed by atoms with Gasteiger partial charge in [-0.05, 0) is 42.0 Å². The van der Waals surface area contributed by atoms with Crippen LogP contribution in [0.5, 0.6) is 0 Å². The summed E-state index contributed by atoms with van der Waals surface area (Å²) in [5.74, 6) is -1.34. The Kier molecular flexibility index (Phi) is 5.97. The average Bonchev–Trinajstić information content (AvgIpc) is 3.19. The normalized spacial score (nSPS) is 25.8. The van der Waals surface area contributed by atoms with E-state index in [0.29, 0.717) is 19.4 Å². The molecule has 0 aromatic carbocycles. The molecule has 0 radical (unpaired) electrons. The second kappa shape index (κ2) is 8.14. The Labute approximate surface area is 174 Å². The summed E-state index contributed by atoms with van der Waals surface area (Å²) in [6, 6.07) is 3.18. The van der Waals surface area contributed by atoms with Crippen molar-refractivity contribution in [3.05, 3.63) is 22.4 Å². The molecule has 2 atom stereocenters. The third-order valence-corrected chi connectivity index (χ3v) is 6.19. The first-order chi connectivity index (χ1) is 13.6. The lowest BCUT2D eigenvalue weighted by Crippen LogP contribution is -2.54. The number of amides is 4. The quantitative estimate of drug-likeness (QED) is 0.540. The summed E-state index contributed by atoms with van der Waals surface area (Å²) in [5.41, 5.74) is -1.05. The van der Waals surface area contributed by atoms with Crippen LogP contribution in [0.3, 0.4) is 0 Å². The summed E-state index contributed by atoms with van der Waals surface area (Å²) < 4.78 is 4.95. The molecule has 1 saturated heterocycles. The van der Waals surface area contributed by atoms with Gasteiger partial charge in [0.05, 0.1) is 6.54 Å². The second-order valence-electron chi connectivity index (χ2n) is 8.77. The number of hydrogen-bond donors (Lipinski definition) is 2. The Morgan fingerprint density at radius 2 is 2.10 bits per heavy atom. The molecule has 1 saturated carbocycles. The highest BCUT2D eigenvalue weighted by atomic mass is 32.1. The standard InChI is InChI=1S/C20H27N3O5S/c1-13-7-19(2,3)12-20(8-13)17(26)23(18(27)22-20)10-16(25)28-11-15(24)21-9-14-5-4-6-29-14/h4-6,13H,7-12H2,1-3H3,(H,21,24)(H,22,27)/t13-,20-/m1/s1. The van der Waals surface area contributed by atoms with Crippen molar-refractivity contribution in [3.63, 3.8) is 0 Å². The number of nitrogens with zero attached hydrogens (tertiary/aromatic N) is 1. The van der Waals surface area contributed by atoms with Gasteiger partial charge < -0.3 is 15.4 Å². The molecule has 2 N–H and O–H groups in total. The van der Waals surface area contributed by atoms with Gasteiger partial charge in [0.15, 0.2) is 6.61 Å². The van der Waals surface area contributed by atoms with Crippen LogP contribution in [0, 0.1) is 11.3 Å². The van der Waals surface area contributed by atoms with Gasteiger partial charge in [-0.2, -0.15) is 0 Å². The maximum absolute atomic E-state index is 13.0. The van der Waals surface area contributed by atoms with Crippen LogP contribution in [0.15, 0.2) is 17.5 Å². The van der Waals surface area contributed by atoms with E-state index in [1.165, 1.54) is 11.3 Å². The first kappa shape index (κ1) is 21.3. The highest BCUT2D eigenvalue weighted by Gasteiger charge is 2.56. The zero-order valence-corrected chi connectivity index (χ0v) is 17.8. The van der Waals surface area contributed by atoms with Crippen molar-refractivity contribution < 1.29 is 23.9 Å². The van der Waals surface area contributed by atoms with Crippen LogP contribution in [0.1, 0.15) is 44.9 Å². The fourth-order valence-electron chi connectivity index (χ4n) is 4.62. The predicted octanol–water partition coefficient (Wildman–Crippen LogP) is 2.04.